The molecule has 0 heterocycles. The molecule has 0 aliphatic rings. The van der Waals surface area contributed by atoms with Crippen molar-refractivity contribution in [3.63, 3.8) is 0 Å². The molecule has 0 radical (unpaired) electrons. The largest absolute Gasteiger partial charge is 0.452 e. The van der Waals surface area contributed by atoms with Crippen molar-refractivity contribution in [3.05, 3.63) is 69.8 Å². The molecule has 0 unspecified atom stereocenters. The Hall–Kier alpha value is -3.42. The lowest BCUT2D eigenvalue weighted by molar-refractivity contribution is -0.384. The molecule has 1 amide bonds. The third-order valence-corrected chi connectivity index (χ3v) is 4.01. The van der Waals surface area contributed by atoms with Gasteiger partial charge in [0.2, 0.25) is 0 Å². The van der Waals surface area contributed by atoms with E-state index in [-0.39, 0.29) is 22.9 Å². The average Bonchev–Trinajstić information content (AvgIpc) is 2.70. The Bertz CT molecular complexity index is 823. The molecule has 0 saturated heterocycles. The molecular formula is C19H21N3O5. The molecule has 2 rings (SSSR count). The van der Waals surface area contributed by atoms with Crippen LogP contribution >= 0.6 is 0 Å². The van der Waals surface area contributed by atoms with Crippen molar-refractivity contribution in [2.24, 2.45) is 0 Å². The van der Waals surface area contributed by atoms with Crippen LogP contribution in [0.2, 0.25) is 0 Å². The number of hydrogen-bond acceptors (Lipinski definition) is 6. The van der Waals surface area contributed by atoms with Gasteiger partial charge in [-0.25, -0.2) is 4.79 Å². The molecule has 0 fully saturated rings. The standard InChI is InChI=1S/C19H21N3O5/c1-13(14-6-4-3-5-7-14)11-21-18(23)12-27-19(24)15-8-9-16(20-2)17(10-15)22(25)26/h3-10,13,20H,11-12H2,1-2H3,(H,21,23)/t13-/m1/s1. The highest BCUT2D eigenvalue weighted by molar-refractivity contribution is 5.93. The van der Waals surface area contributed by atoms with Crippen LogP contribution in [0.3, 0.4) is 0 Å². The lowest BCUT2D eigenvalue weighted by Gasteiger charge is -2.13. The second-order valence-corrected chi connectivity index (χ2v) is 5.93. The van der Waals surface area contributed by atoms with Gasteiger partial charge in [-0.3, -0.25) is 14.9 Å². The van der Waals surface area contributed by atoms with Crippen LogP contribution in [0.5, 0.6) is 0 Å². The number of nitrogens with zero attached hydrogens (tertiary/aromatic N) is 1. The van der Waals surface area contributed by atoms with Gasteiger partial charge in [0.1, 0.15) is 5.69 Å². The molecule has 2 N–H and O–H groups in total. The lowest BCUT2D eigenvalue weighted by Crippen LogP contribution is -2.31. The van der Waals surface area contributed by atoms with E-state index in [2.05, 4.69) is 10.6 Å². The Kier molecular flexibility index (Phi) is 6.87. The number of benzene rings is 2. The topological polar surface area (TPSA) is 111 Å². The van der Waals surface area contributed by atoms with Gasteiger partial charge in [-0.1, -0.05) is 37.3 Å². The average molecular weight is 371 g/mol. The molecule has 0 bridgehead atoms. The van der Waals surface area contributed by atoms with E-state index in [1.807, 2.05) is 37.3 Å². The summed E-state index contributed by atoms with van der Waals surface area (Å²) in [7, 11) is 1.54. The van der Waals surface area contributed by atoms with Crippen LogP contribution in [0, 0.1) is 10.1 Å². The molecule has 142 valence electrons. The maximum absolute atomic E-state index is 12.0. The van der Waals surface area contributed by atoms with Gasteiger partial charge in [0.05, 0.1) is 10.5 Å². The zero-order valence-electron chi connectivity index (χ0n) is 15.1. The van der Waals surface area contributed by atoms with E-state index in [9.17, 15) is 19.7 Å². The van der Waals surface area contributed by atoms with Gasteiger partial charge in [-0.2, -0.15) is 0 Å². The summed E-state index contributed by atoms with van der Waals surface area (Å²) in [5.74, 6) is -1.12. The van der Waals surface area contributed by atoms with Crippen molar-refractivity contribution < 1.29 is 19.2 Å². The number of ether oxygens (including phenoxy) is 1. The first-order valence-corrected chi connectivity index (χ1v) is 8.37. The van der Waals surface area contributed by atoms with Gasteiger partial charge in [0, 0.05) is 19.7 Å². The summed E-state index contributed by atoms with van der Waals surface area (Å²) in [5.41, 5.74) is 1.13. The Morgan fingerprint density at radius 2 is 1.89 bits per heavy atom. The lowest BCUT2D eigenvalue weighted by atomic mass is 10.0. The maximum Gasteiger partial charge on any atom is 0.338 e. The van der Waals surface area contributed by atoms with E-state index in [1.54, 1.807) is 7.05 Å². The van der Waals surface area contributed by atoms with Crippen LogP contribution in [-0.2, 0) is 9.53 Å². The fraction of sp³-hybridized carbons (Fsp3) is 0.263. The van der Waals surface area contributed by atoms with Crippen LogP contribution in [0.15, 0.2) is 48.5 Å². The second-order valence-electron chi connectivity index (χ2n) is 5.93. The van der Waals surface area contributed by atoms with Crippen LogP contribution < -0.4 is 10.6 Å². The van der Waals surface area contributed by atoms with Crippen molar-refractivity contribution in [2.45, 2.75) is 12.8 Å². The Labute approximate surface area is 156 Å². The monoisotopic (exact) mass is 371 g/mol. The summed E-state index contributed by atoms with van der Waals surface area (Å²) in [4.78, 5) is 34.4. The van der Waals surface area contributed by atoms with E-state index in [1.165, 1.54) is 12.1 Å². The molecule has 0 saturated carbocycles. The number of nitro benzene ring substituents is 1. The molecule has 0 aliphatic carbocycles. The quantitative estimate of drug-likeness (QED) is 0.419. The number of nitrogens with one attached hydrogen (secondary N) is 2. The van der Waals surface area contributed by atoms with E-state index in [0.717, 1.165) is 11.6 Å². The minimum Gasteiger partial charge on any atom is -0.452 e. The molecule has 27 heavy (non-hydrogen) atoms. The normalized spacial score (nSPS) is 11.3. The zero-order valence-corrected chi connectivity index (χ0v) is 15.1. The molecule has 0 aromatic heterocycles. The fourth-order valence-corrected chi connectivity index (χ4v) is 2.45. The number of nitro groups is 1. The Morgan fingerprint density at radius 3 is 2.52 bits per heavy atom. The van der Waals surface area contributed by atoms with E-state index < -0.39 is 23.4 Å². The summed E-state index contributed by atoms with van der Waals surface area (Å²) >= 11 is 0. The van der Waals surface area contributed by atoms with E-state index >= 15 is 0 Å². The number of amides is 1. The first-order chi connectivity index (χ1) is 12.9. The highest BCUT2D eigenvalue weighted by Crippen LogP contribution is 2.25. The summed E-state index contributed by atoms with van der Waals surface area (Å²) < 4.78 is 4.94. The van der Waals surface area contributed by atoms with Gasteiger partial charge in [0.15, 0.2) is 6.61 Å². The van der Waals surface area contributed by atoms with Crippen molar-refractivity contribution in [3.8, 4) is 0 Å². The van der Waals surface area contributed by atoms with Crippen molar-refractivity contribution in [2.75, 3.05) is 25.5 Å². The predicted octanol–water partition coefficient (Wildman–Crippen LogP) is 2.71. The van der Waals surface area contributed by atoms with E-state index in [4.69, 9.17) is 4.74 Å². The third-order valence-electron chi connectivity index (χ3n) is 4.01. The highest BCUT2D eigenvalue weighted by Gasteiger charge is 2.18. The molecule has 8 heteroatoms. The SMILES string of the molecule is CNc1ccc(C(=O)OCC(=O)NC[C@@H](C)c2ccccc2)cc1[N+](=O)[O-]. The first-order valence-electron chi connectivity index (χ1n) is 8.37. The van der Waals surface area contributed by atoms with Crippen molar-refractivity contribution in [1.29, 1.82) is 0 Å². The number of anilines is 1. The Morgan fingerprint density at radius 1 is 1.19 bits per heavy atom. The second kappa shape index (κ2) is 9.33. The van der Waals surface area contributed by atoms with Crippen LogP contribution in [0.25, 0.3) is 0 Å². The minimum absolute atomic E-state index is 0.00570. The van der Waals surface area contributed by atoms with Crippen molar-refractivity contribution >= 4 is 23.3 Å². The van der Waals surface area contributed by atoms with E-state index in [0.29, 0.717) is 6.54 Å². The molecule has 2 aromatic rings. The molecule has 1 atom stereocenters. The van der Waals surface area contributed by atoms with Crippen LogP contribution in [0.1, 0.15) is 28.8 Å². The summed E-state index contributed by atoms with van der Waals surface area (Å²) in [5, 5.41) is 16.4. The number of carbonyl (C=O) groups is 2. The third kappa shape index (κ3) is 5.53. The summed E-state index contributed by atoms with van der Waals surface area (Å²) in [6, 6.07) is 13.6. The predicted molar refractivity (Wildman–Crippen MR) is 101 cm³/mol. The molecule has 8 nitrogen and oxygen atoms in total. The first kappa shape index (κ1) is 19.9. The minimum atomic E-state index is -0.799. The van der Waals surface area contributed by atoms with Gasteiger partial charge < -0.3 is 15.4 Å². The number of esters is 1. The zero-order chi connectivity index (χ0) is 19.8. The van der Waals surface area contributed by atoms with Crippen LogP contribution in [-0.4, -0.2) is 37.0 Å². The molecular weight excluding hydrogens is 350 g/mol. The van der Waals surface area contributed by atoms with Gasteiger partial charge in [-0.15, -0.1) is 0 Å². The fourth-order valence-electron chi connectivity index (χ4n) is 2.45. The highest BCUT2D eigenvalue weighted by atomic mass is 16.6. The van der Waals surface area contributed by atoms with Gasteiger partial charge in [0.25, 0.3) is 11.6 Å². The number of carbonyl (C=O) groups excluding carboxylic acids is 2. The molecule has 0 aliphatic heterocycles. The molecule has 2 aromatic carbocycles. The van der Waals surface area contributed by atoms with Gasteiger partial charge >= 0.3 is 5.97 Å². The number of hydrogen-bond donors (Lipinski definition) is 2. The van der Waals surface area contributed by atoms with Crippen LogP contribution in [0.4, 0.5) is 11.4 Å². The summed E-state index contributed by atoms with van der Waals surface area (Å²) in [6.07, 6.45) is 0. The van der Waals surface area contributed by atoms with Gasteiger partial charge in [-0.05, 0) is 23.6 Å². The number of rotatable bonds is 8. The molecule has 0 spiro atoms. The summed E-state index contributed by atoms with van der Waals surface area (Å²) in [6.45, 7) is 1.93. The maximum atomic E-state index is 12.0. The van der Waals surface area contributed by atoms with Crippen molar-refractivity contribution in [1.82, 2.24) is 5.32 Å². The Balaban J connectivity index is 1.87. The smallest absolute Gasteiger partial charge is 0.338 e.